The summed E-state index contributed by atoms with van der Waals surface area (Å²) in [5.41, 5.74) is -0.926. The number of aromatic nitrogens is 2. The maximum atomic E-state index is 15.2. The minimum atomic E-state index is -4.13. The van der Waals surface area contributed by atoms with Crippen molar-refractivity contribution in [3.05, 3.63) is 75.7 Å². The molecular weight excluding hydrogens is 588 g/mol. The average molecular weight is 628 g/mol. The van der Waals surface area contributed by atoms with E-state index in [1.807, 2.05) is 4.72 Å². The van der Waals surface area contributed by atoms with Crippen LogP contribution in [0.1, 0.15) is 56.8 Å². The maximum Gasteiger partial charge on any atom is 0.278 e. The van der Waals surface area contributed by atoms with E-state index in [0.717, 1.165) is 37.8 Å². The number of aryl methyl sites for hydroxylation is 1. The molecule has 44 heavy (non-hydrogen) atoms. The first-order chi connectivity index (χ1) is 20.8. The van der Waals surface area contributed by atoms with Crippen LogP contribution in [0.15, 0.2) is 57.2 Å². The van der Waals surface area contributed by atoms with Crippen molar-refractivity contribution in [2.45, 2.75) is 70.3 Å². The van der Waals surface area contributed by atoms with Gasteiger partial charge in [0.15, 0.2) is 11.6 Å². The number of halogens is 2. The zero-order chi connectivity index (χ0) is 32.2. The molecule has 236 valence electrons. The van der Waals surface area contributed by atoms with Gasteiger partial charge in [-0.3, -0.25) is 14.1 Å². The molecule has 0 radical (unpaired) electrons. The number of rotatable bonds is 9. The molecule has 2 aromatic carbocycles. The van der Waals surface area contributed by atoms with Crippen molar-refractivity contribution < 1.29 is 17.2 Å². The normalized spacial score (nSPS) is 17.6. The van der Waals surface area contributed by atoms with Crippen LogP contribution in [0.2, 0.25) is 0 Å². The predicted octanol–water partition coefficient (Wildman–Crippen LogP) is 5.36. The number of benzene rings is 2. The second kappa shape index (κ2) is 13.8. The molecule has 4 rings (SSSR count). The van der Waals surface area contributed by atoms with E-state index in [0.29, 0.717) is 23.1 Å². The molecule has 0 atom stereocenters. The van der Waals surface area contributed by atoms with E-state index in [4.69, 9.17) is 4.99 Å². The smallest absolute Gasteiger partial charge is 0.278 e. The predicted molar refractivity (Wildman–Crippen MR) is 172 cm³/mol. The van der Waals surface area contributed by atoms with Crippen LogP contribution in [0.4, 0.5) is 20.3 Å². The fourth-order valence-corrected chi connectivity index (χ4v) is 6.59. The molecule has 0 bridgehead atoms. The number of nitrogens with one attached hydrogen (secondary N) is 2. The molecule has 2 N–H and O–H groups in total. The molecule has 0 unspecified atom stereocenters. The van der Waals surface area contributed by atoms with Crippen LogP contribution in [-0.2, 0) is 15.8 Å². The van der Waals surface area contributed by atoms with Crippen LogP contribution in [0, 0.1) is 18.6 Å². The molecule has 0 aliphatic heterocycles. The zero-order valence-corrected chi connectivity index (χ0v) is 26.5. The van der Waals surface area contributed by atoms with E-state index in [9.17, 15) is 13.2 Å². The zero-order valence-electron chi connectivity index (χ0n) is 25.6. The topological polar surface area (TPSA) is 121 Å². The SMILES string of the molecule is C=NC(=NC1CCC(N(C)C)CC1)Nc1c(C)nc(-c2cc(F)c(NS(=O)(=O)Cc3ccccc3)c(F)c2)c(=O)n1C(C)C. The Balaban J connectivity index is 1.64. The summed E-state index contributed by atoms with van der Waals surface area (Å²) < 4.78 is 59.0. The Morgan fingerprint density at radius 2 is 1.73 bits per heavy atom. The van der Waals surface area contributed by atoms with Crippen LogP contribution in [0.5, 0.6) is 0 Å². The van der Waals surface area contributed by atoms with Crippen molar-refractivity contribution in [1.29, 1.82) is 0 Å². The first-order valence-electron chi connectivity index (χ1n) is 14.4. The third-order valence-corrected chi connectivity index (χ3v) is 8.88. The summed E-state index contributed by atoms with van der Waals surface area (Å²) >= 11 is 0. The van der Waals surface area contributed by atoms with Gasteiger partial charge in [0.1, 0.15) is 17.2 Å². The van der Waals surface area contributed by atoms with Crippen LogP contribution >= 0.6 is 0 Å². The molecule has 0 spiro atoms. The van der Waals surface area contributed by atoms with Gasteiger partial charge in [-0.2, -0.15) is 0 Å². The third kappa shape index (κ3) is 7.75. The highest BCUT2D eigenvalue weighted by Crippen LogP contribution is 2.29. The van der Waals surface area contributed by atoms with E-state index in [2.05, 4.69) is 41.0 Å². The Morgan fingerprint density at radius 1 is 1.11 bits per heavy atom. The molecule has 0 amide bonds. The summed E-state index contributed by atoms with van der Waals surface area (Å²) in [6, 6.07) is 10.2. The van der Waals surface area contributed by atoms with Crippen LogP contribution < -0.4 is 15.6 Å². The average Bonchev–Trinajstić information content (AvgIpc) is 2.96. The first kappa shape index (κ1) is 32.9. The van der Waals surface area contributed by atoms with E-state index < -0.39 is 38.7 Å². The Morgan fingerprint density at radius 3 is 2.27 bits per heavy atom. The lowest BCUT2D eigenvalue weighted by Gasteiger charge is -2.31. The summed E-state index contributed by atoms with van der Waals surface area (Å²) in [5.74, 6) is -2.22. The lowest BCUT2D eigenvalue weighted by molar-refractivity contribution is 0.217. The van der Waals surface area contributed by atoms with Crippen LogP contribution in [0.25, 0.3) is 11.3 Å². The van der Waals surface area contributed by atoms with Gasteiger partial charge in [0.05, 0.1) is 17.5 Å². The molecule has 1 heterocycles. The van der Waals surface area contributed by atoms with Crippen molar-refractivity contribution >= 4 is 34.2 Å². The van der Waals surface area contributed by atoms with Crippen molar-refractivity contribution in [2.24, 2.45) is 9.98 Å². The van der Waals surface area contributed by atoms with Gasteiger partial charge in [-0.05, 0) is 85.0 Å². The van der Waals surface area contributed by atoms with Gasteiger partial charge in [0.2, 0.25) is 16.0 Å². The number of aliphatic imine (C=N–C) groups is 2. The fraction of sp³-hybridized carbons (Fsp3) is 0.419. The van der Waals surface area contributed by atoms with Gasteiger partial charge >= 0.3 is 0 Å². The summed E-state index contributed by atoms with van der Waals surface area (Å²) in [6.45, 7) is 8.89. The van der Waals surface area contributed by atoms with E-state index in [-0.39, 0.29) is 29.3 Å². The van der Waals surface area contributed by atoms with Gasteiger partial charge in [0.25, 0.3) is 5.56 Å². The highest BCUT2D eigenvalue weighted by atomic mass is 32.2. The molecule has 10 nitrogen and oxygen atoms in total. The number of nitrogens with zero attached hydrogens (tertiary/aromatic N) is 5. The molecule has 1 aliphatic rings. The van der Waals surface area contributed by atoms with Crippen LogP contribution in [0.3, 0.4) is 0 Å². The molecule has 1 saturated carbocycles. The Kier molecular flexibility index (Phi) is 10.3. The number of guanidine groups is 1. The Hall–Kier alpha value is -3.97. The molecule has 0 saturated heterocycles. The van der Waals surface area contributed by atoms with E-state index in [1.165, 1.54) is 4.57 Å². The number of sulfonamides is 1. The monoisotopic (exact) mass is 627 g/mol. The minimum Gasteiger partial charge on any atom is -0.309 e. The second-order valence-corrected chi connectivity index (χ2v) is 13.2. The Labute approximate surface area is 257 Å². The summed E-state index contributed by atoms with van der Waals surface area (Å²) in [6.07, 6.45) is 3.81. The summed E-state index contributed by atoms with van der Waals surface area (Å²) in [4.78, 5) is 29.1. The number of hydrogen-bond donors (Lipinski definition) is 2. The lowest BCUT2D eigenvalue weighted by atomic mass is 9.91. The molecule has 1 fully saturated rings. The third-order valence-electron chi connectivity index (χ3n) is 7.65. The molecule has 1 aliphatic carbocycles. The van der Waals surface area contributed by atoms with Gasteiger partial charge in [-0.25, -0.2) is 32.2 Å². The Bertz CT molecular complexity index is 1680. The van der Waals surface area contributed by atoms with E-state index in [1.54, 1.807) is 51.1 Å². The first-order valence-corrected chi connectivity index (χ1v) is 16.1. The second-order valence-electron chi connectivity index (χ2n) is 11.5. The number of anilines is 2. The molecule has 3 aromatic rings. The van der Waals surface area contributed by atoms with Crippen LogP contribution in [-0.4, -0.2) is 61.7 Å². The van der Waals surface area contributed by atoms with Crippen molar-refractivity contribution in [2.75, 3.05) is 24.1 Å². The van der Waals surface area contributed by atoms with Gasteiger partial charge in [-0.15, -0.1) is 0 Å². The maximum absolute atomic E-state index is 15.2. The minimum absolute atomic E-state index is 0.0561. The van der Waals surface area contributed by atoms with Crippen molar-refractivity contribution in [3.63, 3.8) is 0 Å². The van der Waals surface area contributed by atoms with Gasteiger partial charge in [-0.1, -0.05) is 30.3 Å². The van der Waals surface area contributed by atoms with E-state index >= 15 is 8.78 Å². The highest BCUT2D eigenvalue weighted by Gasteiger charge is 2.25. The van der Waals surface area contributed by atoms with Crippen molar-refractivity contribution in [1.82, 2.24) is 14.5 Å². The molecular formula is C31H39F2N7O3S. The fourth-order valence-electron chi connectivity index (χ4n) is 5.38. The standard InChI is InChI=1S/C31H39F2N7O3S/c1-19(2)40-29(37-31(34-4)36-23-12-14-24(15-13-23)39(5)6)20(3)35-27(30(40)41)22-16-25(32)28(26(33)17-22)38-44(42,43)18-21-10-8-7-9-11-21/h7-11,16-17,19,23-24,38H,4,12-15,18H2,1-3,5-6H3,(H,36,37). The van der Waals surface area contributed by atoms with Gasteiger partial charge < -0.3 is 10.2 Å². The number of hydrogen-bond acceptors (Lipinski definition) is 6. The quantitative estimate of drug-likeness (QED) is 0.243. The highest BCUT2D eigenvalue weighted by molar-refractivity contribution is 7.91. The largest absolute Gasteiger partial charge is 0.309 e. The van der Waals surface area contributed by atoms with Crippen molar-refractivity contribution in [3.8, 4) is 11.3 Å². The lowest BCUT2D eigenvalue weighted by Crippen LogP contribution is -2.34. The summed E-state index contributed by atoms with van der Waals surface area (Å²) in [7, 11) is 0.0171. The van der Waals surface area contributed by atoms with Gasteiger partial charge in [0, 0.05) is 17.6 Å². The summed E-state index contributed by atoms with van der Waals surface area (Å²) in [5, 5.41) is 3.11. The molecule has 13 heteroatoms. The molecule has 1 aromatic heterocycles.